The quantitative estimate of drug-likeness (QED) is 0.465. The summed E-state index contributed by atoms with van der Waals surface area (Å²) in [6, 6.07) is 5.19. The predicted octanol–water partition coefficient (Wildman–Crippen LogP) is 5.62. The van der Waals surface area contributed by atoms with Crippen molar-refractivity contribution in [1.29, 1.82) is 0 Å². The van der Waals surface area contributed by atoms with Gasteiger partial charge in [-0.25, -0.2) is 4.79 Å². The molecule has 0 unspecified atom stereocenters. The Morgan fingerprint density at radius 2 is 1.90 bits per heavy atom. The zero-order valence-electron chi connectivity index (χ0n) is 16.0. The van der Waals surface area contributed by atoms with Gasteiger partial charge in [-0.2, -0.15) is 13.2 Å². The van der Waals surface area contributed by atoms with Crippen molar-refractivity contribution in [1.82, 2.24) is 0 Å². The van der Waals surface area contributed by atoms with Gasteiger partial charge >= 0.3 is 11.8 Å². The summed E-state index contributed by atoms with van der Waals surface area (Å²) >= 11 is 6.21. The van der Waals surface area contributed by atoms with E-state index in [1.165, 1.54) is 6.07 Å². The fourth-order valence-electron chi connectivity index (χ4n) is 4.43. The van der Waals surface area contributed by atoms with Crippen molar-refractivity contribution in [2.45, 2.75) is 38.9 Å². The highest BCUT2D eigenvalue weighted by Crippen LogP contribution is 2.41. The molecular formula is C22H17ClF3NO3. The smallest absolute Gasteiger partial charge is 0.416 e. The Bertz CT molecular complexity index is 1250. The number of alkyl halides is 3. The molecule has 2 aliphatic rings. The maximum atomic E-state index is 13.2. The molecular weight excluding hydrogens is 419 g/mol. The van der Waals surface area contributed by atoms with Gasteiger partial charge in [0.15, 0.2) is 6.73 Å². The van der Waals surface area contributed by atoms with E-state index in [4.69, 9.17) is 20.8 Å². The van der Waals surface area contributed by atoms with Crippen molar-refractivity contribution in [3.8, 4) is 5.75 Å². The van der Waals surface area contributed by atoms with Crippen LogP contribution in [0.1, 0.15) is 34.2 Å². The van der Waals surface area contributed by atoms with Crippen LogP contribution in [-0.4, -0.2) is 6.73 Å². The average Bonchev–Trinajstić information content (AvgIpc) is 3.19. The second-order valence-electron chi connectivity index (χ2n) is 7.70. The van der Waals surface area contributed by atoms with Crippen LogP contribution in [0.5, 0.6) is 5.75 Å². The highest BCUT2D eigenvalue weighted by molar-refractivity contribution is 6.33. The van der Waals surface area contributed by atoms with E-state index in [1.807, 2.05) is 13.0 Å². The number of hydrogen-bond acceptors (Lipinski definition) is 4. The van der Waals surface area contributed by atoms with Crippen LogP contribution in [0.25, 0.3) is 11.0 Å². The van der Waals surface area contributed by atoms with Crippen LogP contribution in [0.3, 0.4) is 0 Å². The van der Waals surface area contributed by atoms with Crippen molar-refractivity contribution in [3.63, 3.8) is 0 Å². The topological polar surface area (TPSA) is 42.7 Å². The summed E-state index contributed by atoms with van der Waals surface area (Å²) in [4.78, 5) is 14.0. The van der Waals surface area contributed by atoms with Gasteiger partial charge in [0.1, 0.15) is 11.3 Å². The summed E-state index contributed by atoms with van der Waals surface area (Å²) in [5.41, 5.74) is 2.99. The number of anilines is 1. The largest absolute Gasteiger partial charge is 0.472 e. The van der Waals surface area contributed by atoms with Crippen molar-refractivity contribution >= 4 is 28.3 Å². The molecule has 0 radical (unpaired) electrons. The summed E-state index contributed by atoms with van der Waals surface area (Å²) in [7, 11) is 0. The molecule has 0 amide bonds. The van der Waals surface area contributed by atoms with Crippen LogP contribution in [0.4, 0.5) is 18.9 Å². The molecule has 2 aromatic carbocycles. The first-order valence-electron chi connectivity index (χ1n) is 9.59. The van der Waals surface area contributed by atoms with E-state index >= 15 is 0 Å². The zero-order chi connectivity index (χ0) is 21.2. The van der Waals surface area contributed by atoms with Crippen LogP contribution in [0, 0.1) is 6.92 Å². The van der Waals surface area contributed by atoms with Gasteiger partial charge in [-0.15, -0.1) is 0 Å². The number of halogens is 4. The Labute approximate surface area is 174 Å². The van der Waals surface area contributed by atoms with Gasteiger partial charge in [-0.05, 0) is 56.0 Å². The molecule has 4 nitrogen and oxygen atoms in total. The van der Waals surface area contributed by atoms with E-state index in [0.29, 0.717) is 24.3 Å². The molecule has 0 saturated carbocycles. The molecule has 3 aromatic rings. The maximum absolute atomic E-state index is 13.2. The molecule has 1 aliphatic heterocycles. The number of benzene rings is 2. The lowest BCUT2D eigenvalue weighted by atomic mass is 9.99. The monoisotopic (exact) mass is 435 g/mol. The Kier molecular flexibility index (Phi) is 4.29. The average molecular weight is 436 g/mol. The van der Waals surface area contributed by atoms with Gasteiger partial charge in [0, 0.05) is 28.6 Å². The van der Waals surface area contributed by atoms with Crippen LogP contribution >= 0.6 is 11.6 Å². The van der Waals surface area contributed by atoms with Crippen molar-refractivity contribution in [2.75, 3.05) is 11.6 Å². The van der Waals surface area contributed by atoms with E-state index in [2.05, 4.69) is 0 Å². The Hall–Kier alpha value is -2.67. The fraction of sp³-hybridized carbons (Fsp3) is 0.318. The zero-order valence-corrected chi connectivity index (χ0v) is 16.8. The maximum Gasteiger partial charge on any atom is 0.416 e. The van der Waals surface area contributed by atoms with Crippen LogP contribution in [0.2, 0.25) is 5.02 Å². The van der Waals surface area contributed by atoms with Crippen LogP contribution in [-0.2, 0) is 25.6 Å². The summed E-state index contributed by atoms with van der Waals surface area (Å²) in [6.07, 6.45) is -2.05. The van der Waals surface area contributed by atoms with Crippen molar-refractivity contribution in [3.05, 3.63) is 67.5 Å². The summed E-state index contributed by atoms with van der Waals surface area (Å²) in [5, 5.41) is 1.10. The van der Waals surface area contributed by atoms with Gasteiger partial charge < -0.3 is 14.1 Å². The normalized spacial score (nSPS) is 15.8. The molecule has 1 aromatic heterocycles. The summed E-state index contributed by atoms with van der Waals surface area (Å²) in [5.74, 6) is 0.600. The first-order chi connectivity index (χ1) is 14.2. The summed E-state index contributed by atoms with van der Waals surface area (Å²) < 4.78 is 51.0. The Morgan fingerprint density at radius 1 is 1.13 bits per heavy atom. The predicted molar refractivity (Wildman–Crippen MR) is 107 cm³/mol. The highest BCUT2D eigenvalue weighted by Gasteiger charge is 2.32. The van der Waals surface area contributed by atoms with Gasteiger partial charge in [-0.3, -0.25) is 0 Å². The van der Waals surface area contributed by atoms with E-state index in [1.54, 1.807) is 4.90 Å². The lowest BCUT2D eigenvalue weighted by Gasteiger charge is -2.33. The number of ether oxygens (including phenoxy) is 1. The second kappa shape index (κ2) is 6.67. The Morgan fingerprint density at radius 3 is 2.67 bits per heavy atom. The molecule has 5 rings (SSSR count). The van der Waals surface area contributed by atoms with E-state index in [-0.39, 0.29) is 23.1 Å². The van der Waals surface area contributed by atoms with Gasteiger partial charge in [-0.1, -0.05) is 11.6 Å². The SMILES string of the molecule is Cc1c2c(cc3c4c(c(=O)oc13)CCC4)CN(c1cc(C(F)(F)F)ccc1Cl)CO2. The summed E-state index contributed by atoms with van der Waals surface area (Å²) in [6.45, 7) is 2.20. The highest BCUT2D eigenvalue weighted by atomic mass is 35.5. The molecule has 0 saturated heterocycles. The number of aryl methyl sites for hydroxylation is 2. The molecule has 1 aliphatic carbocycles. The second-order valence-corrected chi connectivity index (χ2v) is 8.11. The third kappa shape index (κ3) is 2.95. The van der Waals surface area contributed by atoms with Gasteiger partial charge in [0.2, 0.25) is 0 Å². The molecule has 2 heterocycles. The van der Waals surface area contributed by atoms with Crippen molar-refractivity contribution < 1.29 is 22.3 Å². The third-order valence-corrected chi connectivity index (χ3v) is 6.18. The molecule has 156 valence electrons. The molecule has 30 heavy (non-hydrogen) atoms. The number of fused-ring (bicyclic) bond motifs is 4. The van der Waals surface area contributed by atoms with Crippen molar-refractivity contribution in [2.24, 2.45) is 0 Å². The van der Waals surface area contributed by atoms with Gasteiger partial charge in [0.05, 0.1) is 16.3 Å². The van der Waals surface area contributed by atoms with Crippen LogP contribution in [0.15, 0.2) is 33.5 Å². The van der Waals surface area contributed by atoms with Gasteiger partial charge in [0.25, 0.3) is 0 Å². The standard InChI is InChI=1S/C22H17ClF3NO3/c1-11-19-12(7-16-14-3-2-4-15(14)21(28)30-20(11)16)9-27(10-29-19)18-8-13(22(24,25)26)5-6-17(18)23/h5-8H,2-4,9-10H2,1H3. The third-order valence-electron chi connectivity index (χ3n) is 5.86. The number of rotatable bonds is 1. The minimum Gasteiger partial charge on any atom is -0.472 e. The molecule has 0 fully saturated rings. The lowest BCUT2D eigenvalue weighted by Crippen LogP contribution is -2.32. The van der Waals surface area contributed by atoms with Crippen LogP contribution < -0.4 is 15.3 Å². The first kappa shape index (κ1) is 19.3. The fourth-order valence-corrected chi connectivity index (χ4v) is 4.66. The minimum absolute atomic E-state index is 0.0373. The van der Waals surface area contributed by atoms with E-state index in [0.717, 1.165) is 52.6 Å². The number of hydrogen-bond donors (Lipinski definition) is 0. The number of nitrogens with zero attached hydrogens (tertiary/aromatic N) is 1. The molecule has 0 N–H and O–H groups in total. The molecule has 0 bridgehead atoms. The van der Waals surface area contributed by atoms with E-state index in [9.17, 15) is 18.0 Å². The minimum atomic E-state index is -4.46. The van der Waals surface area contributed by atoms with E-state index < -0.39 is 11.7 Å². The first-order valence-corrected chi connectivity index (χ1v) is 9.97. The molecule has 0 atom stereocenters. The lowest BCUT2D eigenvalue weighted by molar-refractivity contribution is -0.137. The molecule has 8 heteroatoms. The Balaban J connectivity index is 1.61. The molecule has 0 spiro atoms.